The van der Waals surface area contributed by atoms with Crippen molar-refractivity contribution in [2.75, 3.05) is 37.7 Å². The second-order valence-corrected chi connectivity index (χ2v) is 7.30. The Morgan fingerprint density at radius 2 is 1.87 bits per heavy atom. The summed E-state index contributed by atoms with van der Waals surface area (Å²) in [5.41, 5.74) is 3.90. The Hall–Kier alpha value is -2.87. The number of hydrogen-bond donors (Lipinski definition) is 2. The molecule has 0 bridgehead atoms. The third kappa shape index (κ3) is 7.10. The largest absolute Gasteiger partial charge is 0.434 e. The van der Waals surface area contributed by atoms with Gasteiger partial charge in [-0.2, -0.15) is 8.78 Å². The second kappa shape index (κ2) is 11.5. The molecule has 0 saturated carbocycles. The number of nitrogens with one attached hydrogen (secondary N) is 2. The Balaban J connectivity index is 1.62. The number of morpholine rings is 1. The summed E-state index contributed by atoms with van der Waals surface area (Å²) in [5, 5.41) is 6.39. The van der Waals surface area contributed by atoms with E-state index in [-0.39, 0.29) is 5.75 Å². The van der Waals surface area contributed by atoms with Crippen LogP contribution in [0.25, 0.3) is 0 Å². The molecular formula is C23H30F2N4O2. The highest BCUT2D eigenvalue weighted by atomic mass is 19.3. The van der Waals surface area contributed by atoms with Crippen LogP contribution in [0.3, 0.4) is 0 Å². The molecule has 3 rings (SSSR count). The number of rotatable bonds is 8. The van der Waals surface area contributed by atoms with E-state index in [0.29, 0.717) is 31.2 Å². The molecule has 0 atom stereocenters. The van der Waals surface area contributed by atoms with Crippen molar-refractivity contribution in [2.24, 2.45) is 4.99 Å². The lowest BCUT2D eigenvalue weighted by Gasteiger charge is -2.28. The van der Waals surface area contributed by atoms with Gasteiger partial charge in [0.25, 0.3) is 0 Å². The fourth-order valence-electron chi connectivity index (χ4n) is 3.38. The Morgan fingerprint density at radius 1 is 1.13 bits per heavy atom. The van der Waals surface area contributed by atoms with E-state index in [1.54, 1.807) is 12.1 Å². The lowest BCUT2D eigenvalue weighted by molar-refractivity contribution is -0.0504. The maximum absolute atomic E-state index is 12.7. The quantitative estimate of drug-likeness (QED) is 0.492. The maximum atomic E-state index is 12.7. The van der Waals surface area contributed by atoms with Crippen LogP contribution in [0.15, 0.2) is 47.5 Å². The number of hydrogen-bond acceptors (Lipinski definition) is 4. The van der Waals surface area contributed by atoms with Crippen molar-refractivity contribution in [3.05, 3.63) is 59.2 Å². The molecule has 0 aliphatic carbocycles. The molecule has 2 N–H and O–H groups in total. The smallest absolute Gasteiger partial charge is 0.387 e. The Kier molecular flexibility index (Phi) is 8.46. The van der Waals surface area contributed by atoms with Crippen molar-refractivity contribution >= 4 is 11.6 Å². The molecule has 0 aromatic heterocycles. The van der Waals surface area contributed by atoms with E-state index >= 15 is 0 Å². The topological polar surface area (TPSA) is 58.1 Å². The van der Waals surface area contributed by atoms with Crippen molar-refractivity contribution < 1.29 is 18.3 Å². The van der Waals surface area contributed by atoms with Gasteiger partial charge in [-0.05, 0) is 37.6 Å². The van der Waals surface area contributed by atoms with Crippen LogP contribution >= 0.6 is 0 Å². The molecule has 0 radical (unpaired) electrons. The van der Waals surface area contributed by atoms with Crippen LogP contribution in [-0.2, 0) is 17.8 Å². The van der Waals surface area contributed by atoms with E-state index in [0.717, 1.165) is 37.4 Å². The Labute approximate surface area is 182 Å². The van der Waals surface area contributed by atoms with Crippen LogP contribution in [0.1, 0.15) is 23.6 Å². The molecule has 8 heteroatoms. The first-order valence-corrected chi connectivity index (χ1v) is 10.5. The number of halogens is 2. The predicted molar refractivity (Wildman–Crippen MR) is 119 cm³/mol. The molecule has 168 valence electrons. The lowest BCUT2D eigenvalue weighted by Crippen LogP contribution is -2.37. The summed E-state index contributed by atoms with van der Waals surface area (Å²) in [6, 6.07) is 13.5. The molecule has 1 aliphatic rings. The molecule has 1 saturated heterocycles. The fraction of sp³-hybridized carbons (Fsp3) is 0.435. The molecule has 1 fully saturated rings. The van der Waals surface area contributed by atoms with Gasteiger partial charge in [-0.15, -0.1) is 0 Å². The van der Waals surface area contributed by atoms with Gasteiger partial charge in [0.1, 0.15) is 5.75 Å². The summed E-state index contributed by atoms with van der Waals surface area (Å²) in [5.74, 6) is 0.784. The fourth-order valence-corrected chi connectivity index (χ4v) is 3.38. The molecule has 2 aromatic rings. The van der Waals surface area contributed by atoms with E-state index in [4.69, 9.17) is 4.74 Å². The highest BCUT2D eigenvalue weighted by Crippen LogP contribution is 2.22. The summed E-state index contributed by atoms with van der Waals surface area (Å²) in [7, 11) is 0. The van der Waals surface area contributed by atoms with Crippen LogP contribution in [0, 0.1) is 6.92 Å². The van der Waals surface area contributed by atoms with Crippen molar-refractivity contribution in [2.45, 2.75) is 33.5 Å². The van der Waals surface area contributed by atoms with Gasteiger partial charge in [0.05, 0.1) is 19.8 Å². The average Bonchev–Trinajstić information content (AvgIpc) is 2.78. The molecular weight excluding hydrogens is 402 g/mol. The van der Waals surface area contributed by atoms with Crippen LogP contribution in [0.5, 0.6) is 5.75 Å². The lowest BCUT2D eigenvalue weighted by atomic mass is 10.1. The molecule has 0 unspecified atom stereocenters. The number of benzene rings is 2. The van der Waals surface area contributed by atoms with Gasteiger partial charge in [-0.1, -0.05) is 29.8 Å². The number of anilines is 1. The van der Waals surface area contributed by atoms with Crippen LogP contribution in [0.4, 0.5) is 14.5 Å². The summed E-state index contributed by atoms with van der Waals surface area (Å²) < 4.78 is 35.4. The molecule has 0 amide bonds. The molecule has 1 heterocycles. The number of ether oxygens (including phenoxy) is 2. The summed E-state index contributed by atoms with van der Waals surface area (Å²) >= 11 is 0. The summed E-state index contributed by atoms with van der Waals surface area (Å²) in [6.07, 6.45) is 0. The van der Waals surface area contributed by atoms with E-state index in [2.05, 4.69) is 49.5 Å². The number of alkyl halides is 2. The Morgan fingerprint density at radius 3 is 2.55 bits per heavy atom. The zero-order chi connectivity index (χ0) is 22.1. The molecule has 0 spiro atoms. The van der Waals surface area contributed by atoms with Crippen molar-refractivity contribution in [3.8, 4) is 5.75 Å². The zero-order valence-corrected chi connectivity index (χ0v) is 18.0. The number of aryl methyl sites for hydroxylation is 1. The first-order chi connectivity index (χ1) is 15.0. The predicted octanol–water partition coefficient (Wildman–Crippen LogP) is 3.69. The first kappa shape index (κ1) is 22.8. The van der Waals surface area contributed by atoms with E-state index in [1.165, 1.54) is 5.69 Å². The highest BCUT2D eigenvalue weighted by molar-refractivity contribution is 5.79. The number of nitrogens with zero attached hydrogens (tertiary/aromatic N) is 2. The highest BCUT2D eigenvalue weighted by Gasteiger charge is 2.12. The van der Waals surface area contributed by atoms with Gasteiger partial charge in [0.2, 0.25) is 0 Å². The zero-order valence-electron chi connectivity index (χ0n) is 18.0. The normalized spacial score (nSPS) is 14.6. The van der Waals surface area contributed by atoms with E-state index in [9.17, 15) is 8.78 Å². The summed E-state index contributed by atoms with van der Waals surface area (Å²) in [4.78, 5) is 6.93. The van der Waals surface area contributed by atoms with Crippen LogP contribution in [0.2, 0.25) is 0 Å². The average molecular weight is 433 g/mol. The van der Waals surface area contributed by atoms with Gasteiger partial charge < -0.3 is 25.0 Å². The Bertz CT molecular complexity index is 853. The van der Waals surface area contributed by atoms with Gasteiger partial charge >= 0.3 is 6.61 Å². The third-order valence-corrected chi connectivity index (χ3v) is 4.95. The maximum Gasteiger partial charge on any atom is 0.387 e. The summed E-state index contributed by atoms with van der Waals surface area (Å²) in [6.45, 7) is 5.88. The van der Waals surface area contributed by atoms with Gasteiger partial charge in [0.15, 0.2) is 5.96 Å². The van der Waals surface area contributed by atoms with E-state index in [1.807, 2.05) is 19.9 Å². The molecule has 2 aromatic carbocycles. The second-order valence-electron chi connectivity index (χ2n) is 7.30. The minimum Gasteiger partial charge on any atom is -0.434 e. The third-order valence-electron chi connectivity index (χ3n) is 4.95. The van der Waals surface area contributed by atoms with E-state index < -0.39 is 6.61 Å². The van der Waals surface area contributed by atoms with Crippen molar-refractivity contribution in [3.63, 3.8) is 0 Å². The molecule has 6 nitrogen and oxygen atoms in total. The first-order valence-electron chi connectivity index (χ1n) is 10.5. The standard InChI is InChI=1S/C23H30F2N4O2/c1-3-26-23(28-16-19-14-17(2)4-9-21(19)31-22(24)25)27-15-18-5-7-20(8-6-18)29-10-12-30-13-11-29/h4-9,14,22H,3,10-13,15-16H2,1-2H3,(H2,26,27,28). The SMILES string of the molecule is CCNC(=NCc1ccc(N2CCOCC2)cc1)NCc1cc(C)ccc1OC(F)F. The number of guanidine groups is 1. The van der Waals surface area contributed by atoms with Gasteiger partial charge in [-0.3, -0.25) is 0 Å². The van der Waals surface area contributed by atoms with Crippen LogP contribution < -0.4 is 20.3 Å². The monoisotopic (exact) mass is 432 g/mol. The van der Waals surface area contributed by atoms with Crippen molar-refractivity contribution in [1.82, 2.24) is 10.6 Å². The van der Waals surface area contributed by atoms with Gasteiger partial charge in [0, 0.05) is 37.4 Å². The van der Waals surface area contributed by atoms with Gasteiger partial charge in [-0.25, -0.2) is 4.99 Å². The van der Waals surface area contributed by atoms with Crippen molar-refractivity contribution in [1.29, 1.82) is 0 Å². The van der Waals surface area contributed by atoms with Crippen LogP contribution in [-0.4, -0.2) is 45.4 Å². The molecule has 1 aliphatic heterocycles. The molecule has 31 heavy (non-hydrogen) atoms. The minimum absolute atomic E-state index is 0.169. The minimum atomic E-state index is -2.86. The number of aliphatic imine (C=N–C) groups is 1.